The molecule has 0 radical (unpaired) electrons. The molecule has 1 saturated heterocycles. The van der Waals surface area contributed by atoms with Gasteiger partial charge in [-0.3, -0.25) is 14.7 Å². The Bertz CT molecular complexity index is 503. The third-order valence-electron chi connectivity index (χ3n) is 3.71. The molecule has 1 aliphatic rings. The van der Waals surface area contributed by atoms with Crippen molar-refractivity contribution < 1.29 is 9.59 Å². The molecule has 0 atom stereocenters. The SMILES string of the molecule is CCC(=O)NC1CCN(C(=O)c2n[nH]c(C(C)C)n2)CC1. The third-order valence-corrected chi connectivity index (χ3v) is 3.71. The highest BCUT2D eigenvalue weighted by atomic mass is 16.2. The summed E-state index contributed by atoms with van der Waals surface area (Å²) in [6.45, 7) is 7.08. The van der Waals surface area contributed by atoms with Gasteiger partial charge in [-0.15, -0.1) is 5.10 Å². The molecule has 1 aromatic heterocycles. The van der Waals surface area contributed by atoms with Crippen molar-refractivity contribution in [2.75, 3.05) is 13.1 Å². The topological polar surface area (TPSA) is 91.0 Å². The second-order valence-corrected chi connectivity index (χ2v) is 5.69. The van der Waals surface area contributed by atoms with E-state index in [0.29, 0.717) is 19.5 Å². The average Bonchev–Trinajstić information content (AvgIpc) is 2.97. The molecule has 0 saturated carbocycles. The number of nitrogens with one attached hydrogen (secondary N) is 2. The minimum absolute atomic E-state index is 0.0651. The Kier molecular flexibility index (Phi) is 4.93. The third kappa shape index (κ3) is 3.80. The second kappa shape index (κ2) is 6.69. The molecule has 2 N–H and O–H groups in total. The molecule has 1 aliphatic heterocycles. The lowest BCUT2D eigenvalue weighted by atomic mass is 10.0. The Hall–Kier alpha value is -1.92. The largest absolute Gasteiger partial charge is 0.353 e. The molecule has 0 unspecified atom stereocenters. The quantitative estimate of drug-likeness (QED) is 0.868. The highest BCUT2D eigenvalue weighted by molar-refractivity contribution is 5.90. The Morgan fingerprint density at radius 1 is 1.38 bits per heavy atom. The number of aromatic nitrogens is 3. The fraction of sp³-hybridized carbons (Fsp3) is 0.714. The fourth-order valence-electron chi connectivity index (χ4n) is 2.33. The number of H-pyrrole nitrogens is 1. The van der Waals surface area contributed by atoms with Crippen LogP contribution in [0.2, 0.25) is 0 Å². The number of amides is 2. The van der Waals surface area contributed by atoms with Crippen molar-refractivity contribution in [1.82, 2.24) is 25.4 Å². The van der Waals surface area contributed by atoms with Gasteiger partial charge in [-0.2, -0.15) is 0 Å². The maximum atomic E-state index is 12.3. The van der Waals surface area contributed by atoms with E-state index in [9.17, 15) is 9.59 Å². The van der Waals surface area contributed by atoms with Gasteiger partial charge in [0.05, 0.1) is 0 Å². The zero-order valence-electron chi connectivity index (χ0n) is 12.8. The van der Waals surface area contributed by atoms with Crippen LogP contribution in [0.3, 0.4) is 0 Å². The van der Waals surface area contributed by atoms with Crippen molar-refractivity contribution in [1.29, 1.82) is 0 Å². The number of hydrogen-bond donors (Lipinski definition) is 2. The zero-order valence-corrected chi connectivity index (χ0v) is 12.8. The van der Waals surface area contributed by atoms with Gasteiger partial charge >= 0.3 is 0 Å². The van der Waals surface area contributed by atoms with Crippen molar-refractivity contribution in [3.05, 3.63) is 11.6 Å². The van der Waals surface area contributed by atoms with Gasteiger partial charge in [0.25, 0.3) is 5.91 Å². The predicted molar refractivity (Wildman–Crippen MR) is 77.8 cm³/mol. The molecular weight excluding hydrogens is 270 g/mol. The minimum Gasteiger partial charge on any atom is -0.353 e. The first-order chi connectivity index (χ1) is 10.0. The van der Waals surface area contributed by atoms with E-state index in [1.165, 1.54) is 0 Å². The van der Waals surface area contributed by atoms with Crippen molar-refractivity contribution in [3.63, 3.8) is 0 Å². The monoisotopic (exact) mass is 293 g/mol. The molecule has 7 heteroatoms. The van der Waals surface area contributed by atoms with Crippen LogP contribution in [0.15, 0.2) is 0 Å². The molecule has 1 fully saturated rings. The molecular formula is C14H23N5O2. The summed E-state index contributed by atoms with van der Waals surface area (Å²) in [6.07, 6.45) is 2.05. The summed E-state index contributed by atoms with van der Waals surface area (Å²) in [5.74, 6) is 1.10. The maximum absolute atomic E-state index is 12.3. The molecule has 2 heterocycles. The van der Waals surface area contributed by atoms with Gasteiger partial charge in [0.1, 0.15) is 5.82 Å². The number of rotatable bonds is 4. The van der Waals surface area contributed by atoms with Crippen LogP contribution in [0.5, 0.6) is 0 Å². The lowest BCUT2D eigenvalue weighted by molar-refractivity contribution is -0.121. The number of nitrogens with zero attached hydrogens (tertiary/aromatic N) is 3. The summed E-state index contributed by atoms with van der Waals surface area (Å²) in [5, 5.41) is 9.77. The first-order valence-corrected chi connectivity index (χ1v) is 7.52. The molecule has 2 amide bonds. The molecule has 0 aliphatic carbocycles. The highest BCUT2D eigenvalue weighted by Crippen LogP contribution is 2.14. The van der Waals surface area contributed by atoms with Crippen LogP contribution >= 0.6 is 0 Å². The smallest absolute Gasteiger partial charge is 0.293 e. The van der Waals surface area contributed by atoms with E-state index in [1.54, 1.807) is 4.90 Å². The minimum atomic E-state index is -0.140. The predicted octanol–water partition coefficient (Wildman–Crippen LogP) is 1.06. The highest BCUT2D eigenvalue weighted by Gasteiger charge is 2.26. The van der Waals surface area contributed by atoms with E-state index in [4.69, 9.17) is 0 Å². The van der Waals surface area contributed by atoms with E-state index in [0.717, 1.165) is 18.7 Å². The van der Waals surface area contributed by atoms with Crippen molar-refractivity contribution >= 4 is 11.8 Å². The van der Waals surface area contributed by atoms with Gasteiger partial charge in [0.2, 0.25) is 11.7 Å². The Morgan fingerprint density at radius 3 is 2.57 bits per heavy atom. The maximum Gasteiger partial charge on any atom is 0.293 e. The van der Waals surface area contributed by atoms with Crippen LogP contribution in [0.4, 0.5) is 0 Å². The number of piperidine rings is 1. The van der Waals surface area contributed by atoms with E-state index < -0.39 is 0 Å². The van der Waals surface area contributed by atoms with Gasteiger partial charge in [0.15, 0.2) is 0 Å². The molecule has 0 spiro atoms. The fourth-order valence-corrected chi connectivity index (χ4v) is 2.33. The molecule has 0 aromatic carbocycles. The van der Waals surface area contributed by atoms with Crippen molar-refractivity contribution in [2.24, 2.45) is 0 Å². The number of likely N-dealkylation sites (tertiary alicyclic amines) is 1. The molecule has 7 nitrogen and oxygen atoms in total. The summed E-state index contributed by atoms with van der Waals surface area (Å²) in [5.41, 5.74) is 0. The number of aromatic amines is 1. The van der Waals surface area contributed by atoms with Gasteiger partial charge in [0, 0.05) is 31.5 Å². The number of carbonyl (C=O) groups excluding carboxylic acids is 2. The van der Waals surface area contributed by atoms with Crippen LogP contribution in [0.1, 0.15) is 62.4 Å². The summed E-state index contributed by atoms with van der Waals surface area (Å²) < 4.78 is 0. The first-order valence-electron chi connectivity index (χ1n) is 7.52. The lowest BCUT2D eigenvalue weighted by Gasteiger charge is -2.31. The van der Waals surface area contributed by atoms with E-state index in [1.807, 2.05) is 20.8 Å². The van der Waals surface area contributed by atoms with E-state index in [-0.39, 0.29) is 29.6 Å². The zero-order chi connectivity index (χ0) is 15.4. The Morgan fingerprint density at radius 2 is 2.05 bits per heavy atom. The Balaban J connectivity index is 1.89. The molecule has 0 bridgehead atoms. The molecule has 1 aromatic rings. The summed E-state index contributed by atoms with van der Waals surface area (Å²) in [7, 11) is 0. The second-order valence-electron chi connectivity index (χ2n) is 5.69. The van der Waals surface area contributed by atoms with Gasteiger partial charge < -0.3 is 10.2 Å². The molecule has 116 valence electrons. The molecule has 2 rings (SSSR count). The van der Waals surface area contributed by atoms with Gasteiger partial charge in [-0.25, -0.2) is 4.98 Å². The van der Waals surface area contributed by atoms with Crippen LogP contribution in [-0.2, 0) is 4.79 Å². The van der Waals surface area contributed by atoms with E-state index >= 15 is 0 Å². The van der Waals surface area contributed by atoms with Crippen molar-refractivity contribution in [2.45, 2.75) is 52.0 Å². The van der Waals surface area contributed by atoms with Gasteiger partial charge in [-0.05, 0) is 12.8 Å². The lowest BCUT2D eigenvalue weighted by Crippen LogP contribution is -2.46. The average molecular weight is 293 g/mol. The van der Waals surface area contributed by atoms with Gasteiger partial charge in [-0.1, -0.05) is 20.8 Å². The van der Waals surface area contributed by atoms with Crippen LogP contribution in [0, 0.1) is 0 Å². The molecule has 21 heavy (non-hydrogen) atoms. The summed E-state index contributed by atoms with van der Waals surface area (Å²) in [4.78, 5) is 29.7. The van der Waals surface area contributed by atoms with Crippen LogP contribution < -0.4 is 5.32 Å². The summed E-state index contributed by atoms with van der Waals surface area (Å²) in [6, 6.07) is 0.167. The number of hydrogen-bond acceptors (Lipinski definition) is 4. The standard InChI is InChI=1S/C14H23N5O2/c1-4-11(20)15-10-5-7-19(8-6-10)14(21)13-16-12(9(2)3)17-18-13/h9-10H,4-8H2,1-3H3,(H,15,20)(H,16,17,18). The van der Waals surface area contributed by atoms with Crippen LogP contribution in [0.25, 0.3) is 0 Å². The van der Waals surface area contributed by atoms with Crippen molar-refractivity contribution in [3.8, 4) is 0 Å². The number of carbonyl (C=O) groups is 2. The summed E-state index contributed by atoms with van der Waals surface area (Å²) >= 11 is 0. The van der Waals surface area contributed by atoms with Crippen LogP contribution in [-0.4, -0.2) is 51.0 Å². The Labute approximate surface area is 124 Å². The first kappa shape index (κ1) is 15.5. The normalized spacial score (nSPS) is 16.3. The van der Waals surface area contributed by atoms with E-state index in [2.05, 4.69) is 20.5 Å².